The van der Waals surface area contributed by atoms with Gasteiger partial charge in [0, 0.05) is 18.0 Å². The van der Waals surface area contributed by atoms with Crippen molar-refractivity contribution in [2.24, 2.45) is 0 Å². The number of amides is 2. The van der Waals surface area contributed by atoms with E-state index in [0.29, 0.717) is 29.4 Å². The van der Waals surface area contributed by atoms with E-state index in [9.17, 15) is 9.59 Å². The van der Waals surface area contributed by atoms with Gasteiger partial charge in [-0.3, -0.25) is 9.59 Å². The second kappa shape index (κ2) is 6.43. The van der Waals surface area contributed by atoms with Gasteiger partial charge in [-0.1, -0.05) is 0 Å². The molecule has 0 saturated carbocycles. The first-order chi connectivity index (χ1) is 9.19. The molecule has 102 valence electrons. The zero-order chi connectivity index (χ0) is 13.7. The molecule has 0 spiro atoms. The maximum Gasteiger partial charge on any atom is 0.262 e. The van der Waals surface area contributed by atoms with E-state index < -0.39 is 0 Å². The van der Waals surface area contributed by atoms with Crippen molar-refractivity contribution < 1.29 is 14.3 Å². The number of anilines is 2. The number of halogens is 1. The number of alkyl halides is 1. The van der Waals surface area contributed by atoms with Gasteiger partial charge in [-0.05, 0) is 31.0 Å². The van der Waals surface area contributed by atoms with Gasteiger partial charge in [-0.2, -0.15) is 0 Å². The molecule has 2 amide bonds. The van der Waals surface area contributed by atoms with Crippen LogP contribution in [0.15, 0.2) is 18.2 Å². The van der Waals surface area contributed by atoms with Crippen LogP contribution in [0.2, 0.25) is 0 Å². The topological polar surface area (TPSA) is 67.4 Å². The first-order valence-corrected chi connectivity index (χ1v) is 6.65. The molecule has 0 saturated heterocycles. The number of ether oxygens (including phenoxy) is 1. The van der Waals surface area contributed by atoms with Gasteiger partial charge < -0.3 is 15.4 Å². The molecular weight excluding hydrogens is 268 g/mol. The maximum atomic E-state index is 11.6. The highest BCUT2D eigenvalue weighted by Gasteiger charge is 2.16. The van der Waals surface area contributed by atoms with Gasteiger partial charge in [0.05, 0.1) is 5.69 Å². The van der Waals surface area contributed by atoms with E-state index in [2.05, 4.69) is 10.6 Å². The summed E-state index contributed by atoms with van der Waals surface area (Å²) < 4.78 is 5.24. The molecule has 0 atom stereocenters. The van der Waals surface area contributed by atoms with Crippen LogP contribution in [0.3, 0.4) is 0 Å². The van der Waals surface area contributed by atoms with E-state index in [4.69, 9.17) is 16.3 Å². The van der Waals surface area contributed by atoms with Gasteiger partial charge in [-0.15, -0.1) is 11.6 Å². The zero-order valence-electron chi connectivity index (χ0n) is 10.4. The van der Waals surface area contributed by atoms with E-state index in [0.717, 1.165) is 12.8 Å². The third-order valence-corrected chi connectivity index (χ3v) is 2.95. The van der Waals surface area contributed by atoms with Gasteiger partial charge >= 0.3 is 0 Å². The molecule has 0 radical (unpaired) electrons. The quantitative estimate of drug-likeness (QED) is 0.643. The Morgan fingerprint density at radius 3 is 3.05 bits per heavy atom. The molecule has 0 fully saturated rings. The van der Waals surface area contributed by atoms with Crippen molar-refractivity contribution in [3.63, 3.8) is 0 Å². The van der Waals surface area contributed by atoms with Crippen LogP contribution in [0.25, 0.3) is 0 Å². The van der Waals surface area contributed by atoms with E-state index in [1.807, 2.05) is 0 Å². The first kappa shape index (κ1) is 13.7. The van der Waals surface area contributed by atoms with Gasteiger partial charge in [-0.25, -0.2) is 0 Å². The molecule has 6 heteroatoms. The molecule has 19 heavy (non-hydrogen) atoms. The molecular formula is C13H15ClN2O3. The van der Waals surface area contributed by atoms with Crippen LogP contribution in [0.5, 0.6) is 5.75 Å². The fraction of sp³-hybridized carbons (Fsp3) is 0.385. The predicted molar refractivity (Wildman–Crippen MR) is 73.8 cm³/mol. The number of rotatable bonds is 5. The van der Waals surface area contributed by atoms with Gasteiger partial charge in [0.25, 0.3) is 5.91 Å². The summed E-state index contributed by atoms with van der Waals surface area (Å²) in [7, 11) is 0. The number of benzene rings is 1. The molecule has 0 bridgehead atoms. The molecule has 2 rings (SSSR count). The third-order valence-electron chi connectivity index (χ3n) is 2.68. The van der Waals surface area contributed by atoms with Gasteiger partial charge in [0.1, 0.15) is 5.75 Å². The number of nitrogens with one attached hydrogen (secondary N) is 2. The van der Waals surface area contributed by atoms with Crippen LogP contribution in [0.1, 0.15) is 19.3 Å². The van der Waals surface area contributed by atoms with Crippen molar-refractivity contribution in [1.29, 1.82) is 0 Å². The predicted octanol–water partition coefficient (Wildman–Crippen LogP) is 2.37. The molecule has 1 aliphatic rings. The average Bonchev–Trinajstić information content (AvgIpc) is 2.38. The Balaban J connectivity index is 1.96. The Bertz CT molecular complexity index is 491. The summed E-state index contributed by atoms with van der Waals surface area (Å²) >= 11 is 5.55. The fourth-order valence-corrected chi connectivity index (χ4v) is 1.95. The highest BCUT2D eigenvalue weighted by molar-refractivity contribution is 6.17. The van der Waals surface area contributed by atoms with Crippen molar-refractivity contribution >= 4 is 34.8 Å². The van der Waals surface area contributed by atoms with Crippen molar-refractivity contribution in [1.82, 2.24) is 0 Å². The monoisotopic (exact) mass is 282 g/mol. The Morgan fingerprint density at radius 1 is 1.42 bits per heavy atom. The number of carbonyl (C=O) groups is 2. The third kappa shape index (κ3) is 3.86. The highest BCUT2D eigenvalue weighted by Crippen LogP contribution is 2.30. The summed E-state index contributed by atoms with van der Waals surface area (Å²) in [5.74, 6) is 0.918. The summed E-state index contributed by atoms with van der Waals surface area (Å²) in [5.41, 5.74) is 1.22. The van der Waals surface area contributed by atoms with Gasteiger partial charge in [0.15, 0.2) is 6.61 Å². The van der Waals surface area contributed by atoms with Crippen LogP contribution in [0, 0.1) is 0 Å². The van der Waals surface area contributed by atoms with Crippen LogP contribution >= 0.6 is 11.6 Å². The molecule has 0 unspecified atom stereocenters. The second-order valence-corrected chi connectivity index (χ2v) is 4.62. The minimum atomic E-state index is -0.196. The number of hydrogen-bond donors (Lipinski definition) is 2. The van der Waals surface area contributed by atoms with E-state index >= 15 is 0 Å². The van der Waals surface area contributed by atoms with Crippen LogP contribution in [-0.4, -0.2) is 24.3 Å². The van der Waals surface area contributed by atoms with E-state index in [1.54, 1.807) is 18.2 Å². The summed E-state index contributed by atoms with van der Waals surface area (Å²) in [4.78, 5) is 22.8. The lowest BCUT2D eigenvalue weighted by atomic mass is 10.2. The van der Waals surface area contributed by atoms with Gasteiger partial charge in [0.2, 0.25) is 5.91 Å². The van der Waals surface area contributed by atoms with Crippen LogP contribution in [0.4, 0.5) is 11.4 Å². The van der Waals surface area contributed by atoms with Crippen LogP contribution in [-0.2, 0) is 9.59 Å². The number of unbranched alkanes of at least 4 members (excludes halogenated alkanes) is 1. The minimum Gasteiger partial charge on any atom is -0.482 e. The molecule has 0 aromatic heterocycles. The molecule has 5 nitrogen and oxygen atoms in total. The zero-order valence-corrected chi connectivity index (χ0v) is 11.1. The Labute approximate surface area is 116 Å². The van der Waals surface area contributed by atoms with Crippen molar-refractivity contribution in [2.75, 3.05) is 23.1 Å². The second-order valence-electron chi connectivity index (χ2n) is 4.24. The van der Waals surface area contributed by atoms with E-state index in [-0.39, 0.29) is 18.4 Å². The number of fused-ring (bicyclic) bond motifs is 1. The van der Waals surface area contributed by atoms with Crippen LogP contribution < -0.4 is 15.4 Å². The fourth-order valence-electron chi connectivity index (χ4n) is 1.76. The summed E-state index contributed by atoms with van der Waals surface area (Å²) in [5, 5.41) is 5.47. The molecule has 2 N–H and O–H groups in total. The van der Waals surface area contributed by atoms with Crippen molar-refractivity contribution in [3.05, 3.63) is 18.2 Å². The summed E-state index contributed by atoms with van der Waals surface area (Å²) in [6.07, 6.45) is 2.02. The molecule has 0 aliphatic carbocycles. The lowest BCUT2D eigenvalue weighted by Gasteiger charge is -2.18. The largest absolute Gasteiger partial charge is 0.482 e. The molecule has 1 aliphatic heterocycles. The Morgan fingerprint density at radius 2 is 2.26 bits per heavy atom. The minimum absolute atomic E-state index is 0.0249. The lowest BCUT2D eigenvalue weighted by molar-refractivity contribution is -0.118. The number of carbonyl (C=O) groups excluding carboxylic acids is 2. The Kier molecular flexibility index (Phi) is 4.63. The standard InChI is InChI=1S/C13H15ClN2O3/c14-6-2-1-3-12(17)15-9-4-5-11-10(7-9)16-13(18)8-19-11/h4-5,7H,1-3,6,8H2,(H,15,17)(H,16,18). The molecule has 1 aromatic rings. The summed E-state index contributed by atoms with van der Waals surface area (Å²) in [6, 6.07) is 5.16. The lowest BCUT2D eigenvalue weighted by Crippen LogP contribution is -2.25. The molecule has 1 aromatic carbocycles. The molecule has 1 heterocycles. The van der Waals surface area contributed by atoms with E-state index in [1.165, 1.54) is 0 Å². The smallest absolute Gasteiger partial charge is 0.262 e. The Hall–Kier alpha value is -1.75. The number of hydrogen-bond acceptors (Lipinski definition) is 3. The highest BCUT2D eigenvalue weighted by atomic mass is 35.5. The normalized spacial score (nSPS) is 13.2. The van der Waals surface area contributed by atoms with Crippen molar-refractivity contribution in [3.8, 4) is 5.75 Å². The van der Waals surface area contributed by atoms with Crippen molar-refractivity contribution in [2.45, 2.75) is 19.3 Å². The summed E-state index contributed by atoms with van der Waals surface area (Å²) in [6.45, 7) is 0.0249. The maximum absolute atomic E-state index is 11.6. The first-order valence-electron chi connectivity index (χ1n) is 6.11. The SMILES string of the molecule is O=C(CCCCCl)Nc1ccc2c(c1)NC(=O)CO2. The average molecular weight is 283 g/mol.